The summed E-state index contributed by atoms with van der Waals surface area (Å²) in [4.78, 5) is 10.5. The highest BCUT2D eigenvalue weighted by Gasteiger charge is 2.07. The van der Waals surface area contributed by atoms with Crippen LogP contribution < -0.4 is 5.82 Å². The minimum atomic E-state index is -0.619. The molecule has 0 saturated heterocycles. The molecule has 0 amide bonds. The van der Waals surface area contributed by atoms with E-state index in [9.17, 15) is 4.79 Å². The van der Waals surface area contributed by atoms with Crippen LogP contribution in [-0.2, 0) is 11.8 Å². The lowest BCUT2D eigenvalue weighted by Gasteiger charge is -1.86. The van der Waals surface area contributed by atoms with Gasteiger partial charge in [0.05, 0.1) is 5.33 Å². The molecule has 0 unspecified atom stereocenters. The number of aryl methyl sites for hydroxylation is 1. The molecular formula is C6H7BrO3. The lowest BCUT2D eigenvalue weighted by atomic mass is 10.3. The minimum absolute atomic E-state index is 0.530. The monoisotopic (exact) mass is 206 g/mol. The zero-order valence-electron chi connectivity index (χ0n) is 5.52. The second kappa shape index (κ2) is 3.05. The summed E-state index contributed by atoms with van der Waals surface area (Å²) < 4.78 is 9.39. The Bertz CT molecular complexity index is 236. The molecule has 0 aliphatic rings. The largest absolute Gasteiger partial charge is 0.519 e. The second-order valence-electron chi connectivity index (χ2n) is 1.79. The second-order valence-corrected chi connectivity index (χ2v) is 2.35. The summed E-state index contributed by atoms with van der Waals surface area (Å²) in [5, 5.41) is 0.530. The fourth-order valence-corrected chi connectivity index (χ4v) is 1.13. The third-order valence-corrected chi connectivity index (χ3v) is 1.68. The van der Waals surface area contributed by atoms with Crippen LogP contribution >= 0.6 is 15.9 Å². The molecule has 56 valence electrons. The summed E-state index contributed by atoms with van der Waals surface area (Å²) in [6.45, 7) is 1.90. The molecule has 3 nitrogen and oxygen atoms in total. The van der Waals surface area contributed by atoms with Crippen LogP contribution in [0.5, 0.6) is 0 Å². The highest BCUT2D eigenvalue weighted by atomic mass is 79.9. The Morgan fingerprint density at radius 2 is 2.00 bits per heavy atom. The number of hydrogen-bond acceptors (Lipinski definition) is 3. The van der Waals surface area contributed by atoms with Gasteiger partial charge in [-0.1, -0.05) is 22.9 Å². The molecule has 0 atom stereocenters. The summed E-state index contributed by atoms with van der Waals surface area (Å²) in [5.74, 6) is 0.598. The summed E-state index contributed by atoms with van der Waals surface area (Å²) in [6.07, 6.45) is 0.687. The van der Waals surface area contributed by atoms with E-state index in [0.29, 0.717) is 23.3 Å². The standard InChI is InChI=1S/C6H7BrO3/c1-2-4-5(3-7)10-6(8)9-4/h2-3H2,1H3. The molecule has 4 heteroatoms. The maximum absolute atomic E-state index is 10.5. The molecule has 0 bridgehead atoms. The van der Waals surface area contributed by atoms with Crippen molar-refractivity contribution in [2.24, 2.45) is 0 Å². The summed E-state index contributed by atoms with van der Waals surface area (Å²) in [7, 11) is 0. The third kappa shape index (κ3) is 1.31. The van der Waals surface area contributed by atoms with E-state index in [-0.39, 0.29) is 0 Å². The van der Waals surface area contributed by atoms with Gasteiger partial charge in [0.2, 0.25) is 0 Å². The van der Waals surface area contributed by atoms with E-state index in [0.717, 1.165) is 0 Å². The van der Waals surface area contributed by atoms with Crippen molar-refractivity contribution in [3.05, 3.63) is 22.1 Å². The molecule has 1 rings (SSSR count). The van der Waals surface area contributed by atoms with Crippen molar-refractivity contribution in [3.8, 4) is 0 Å². The molecule has 0 saturated carbocycles. The van der Waals surface area contributed by atoms with E-state index in [1.54, 1.807) is 0 Å². The lowest BCUT2D eigenvalue weighted by Crippen LogP contribution is -1.85. The third-order valence-electron chi connectivity index (χ3n) is 1.17. The van der Waals surface area contributed by atoms with Gasteiger partial charge in [-0.2, -0.15) is 0 Å². The van der Waals surface area contributed by atoms with Crippen molar-refractivity contribution in [1.29, 1.82) is 0 Å². The SMILES string of the molecule is CCc1oc(=O)oc1CBr. The molecule has 1 heterocycles. The van der Waals surface area contributed by atoms with Crippen molar-refractivity contribution < 1.29 is 8.83 Å². The van der Waals surface area contributed by atoms with Crippen LogP contribution in [-0.4, -0.2) is 0 Å². The molecule has 0 aliphatic heterocycles. The molecule has 0 aliphatic carbocycles. The Balaban J connectivity index is 3.08. The van der Waals surface area contributed by atoms with E-state index in [4.69, 9.17) is 4.42 Å². The number of halogens is 1. The first kappa shape index (κ1) is 7.60. The van der Waals surface area contributed by atoms with Crippen molar-refractivity contribution >= 4 is 15.9 Å². The van der Waals surface area contributed by atoms with E-state index < -0.39 is 5.82 Å². The van der Waals surface area contributed by atoms with Crippen LogP contribution in [0.2, 0.25) is 0 Å². The predicted molar refractivity (Wildman–Crippen MR) is 39.3 cm³/mol. The van der Waals surface area contributed by atoms with E-state index in [2.05, 4.69) is 20.3 Å². The van der Waals surface area contributed by atoms with Gasteiger partial charge in [0.25, 0.3) is 0 Å². The average molecular weight is 207 g/mol. The van der Waals surface area contributed by atoms with Crippen LogP contribution in [0.1, 0.15) is 18.4 Å². The number of rotatable bonds is 2. The van der Waals surface area contributed by atoms with Gasteiger partial charge < -0.3 is 8.83 Å². The molecule has 0 aromatic carbocycles. The fraction of sp³-hybridized carbons (Fsp3) is 0.500. The van der Waals surface area contributed by atoms with E-state index in [1.807, 2.05) is 6.92 Å². The van der Waals surface area contributed by atoms with Gasteiger partial charge in [0.15, 0.2) is 11.5 Å². The Labute approximate surface area is 66.2 Å². The molecule has 10 heavy (non-hydrogen) atoms. The summed E-state index contributed by atoms with van der Waals surface area (Å²) >= 11 is 3.17. The number of alkyl halides is 1. The molecule has 1 aromatic heterocycles. The average Bonchev–Trinajstić information content (AvgIpc) is 2.30. The smallest absolute Gasteiger partial charge is 0.396 e. The van der Waals surface area contributed by atoms with Gasteiger partial charge in [-0.15, -0.1) is 0 Å². The number of hydrogen-bond donors (Lipinski definition) is 0. The topological polar surface area (TPSA) is 43.4 Å². The quantitative estimate of drug-likeness (QED) is 0.693. The summed E-state index contributed by atoms with van der Waals surface area (Å²) in [5.41, 5.74) is 0. The molecule has 0 fully saturated rings. The van der Waals surface area contributed by atoms with Crippen LogP contribution in [0, 0.1) is 0 Å². The van der Waals surface area contributed by atoms with Crippen LogP contribution in [0.15, 0.2) is 13.6 Å². The highest BCUT2D eigenvalue weighted by molar-refractivity contribution is 9.08. The zero-order chi connectivity index (χ0) is 7.56. The first-order chi connectivity index (χ1) is 4.77. The van der Waals surface area contributed by atoms with Crippen molar-refractivity contribution in [2.45, 2.75) is 18.7 Å². The molecule has 1 aromatic rings. The van der Waals surface area contributed by atoms with Crippen LogP contribution in [0.25, 0.3) is 0 Å². The van der Waals surface area contributed by atoms with Gasteiger partial charge in [0, 0.05) is 6.42 Å². The highest BCUT2D eigenvalue weighted by Crippen LogP contribution is 2.10. The molecule has 0 spiro atoms. The van der Waals surface area contributed by atoms with Crippen LogP contribution in [0.3, 0.4) is 0 Å². The fourth-order valence-electron chi connectivity index (χ4n) is 0.707. The van der Waals surface area contributed by atoms with Crippen LogP contribution in [0.4, 0.5) is 0 Å². The Hall–Kier alpha value is -0.510. The van der Waals surface area contributed by atoms with Gasteiger partial charge in [-0.25, -0.2) is 4.79 Å². The van der Waals surface area contributed by atoms with Gasteiger partial charge in [-0.3, -0.25) is 0 Å². The molecular weight excluding hydrogens is 200 g/mol. The zero-order valence-corrected chi connectivity index (χ0v) is 7.10. The van der Waals surface area contributed by atoms with Crippen molar-refractivity contribution in [1.82, 2.24) is 0 Å². The van der Waals surface area contributed by atoms with Crippen molar-refractivity contribution in [2.75, 3.05) is 0 Å². The predicted octanol–water partition coefficient (Wildman–Crippen LogP) is 1.69. The van der Waals surface area contributed by atoms with Gasteiger partial charge in [-0.05, 0) is 0 Å². The first-order valence-corrected chi connectivity index (χ1v) is 4.07. The maximum Gasteiger partial charge on any atom is 0.519 e. The normalized spacial score (nSPS) is 10.2. The Kier molecular flexibility index (Phi) is 2.32. The molecule has 0 radical (unpaired) electrons. The first-order valence-electron chi connectivity index (χ1n) is 2.95. The van der Waals surface area contributed by atoms with Gasteiger partial charge >= 0.3 is 5.82 Å². The maximum atomic E-state index is 10.5. The van der Waals surface area contributed by atoms with Gasteiger partial charge in [0.1, 0.15) is 0 Å². The summed E-state index contributed by atoms with van der Waals surface area (Å²) in [6, 6.07) is 0. The van der Waals surface area contributed by atoms with Crippen molar-refractivity contribution in [3.63, 3.8) is 0 Å². The molecule has 0 N–H and O–H groups in total. The van der Waals surface area contributed by atoms with E-state index >= 15 is 0 Å². The van der Waals surface area contributed by atoms with E-state index in [1.165, 1.54) is 0 Å². The Morgan fingerprint density at radius 3 is 2.40 bits per heavy atom. The Morgan fingerprint density at radius 1 is 1.40 bits per heavy atom. The minimum Gasteiger partial charge on any atom is -0.396 e. The lowest BCUT2D eigenvalue weighted by molar-refractivity contribution is 0.369.